The van der Waals surface area contributed by atoms with E-state index in [2.05, 4.69) is 6.07 Å². The van der Waals surface area contributed by atoms with Crippen LogP contribution < -0.4 is 5.73 Å². The standard InChI is InChI=1S/C13H16N2S/c14-10-7-4-8-11-12(10)16-13(15-11)9-5-2-1-3-6-9/h4,7-9H,1-3,5-6,14H2. The predicted molar refractivity (Wildman–Crippen MR) is 69.9 cm³/mol. The number of benzene rings is 1. The van der Waals surface area contributed by atoms with Crippen molar-refractivity contribution >= 4 is 27.2 Å². The highest BCUT2D eigenvalue weighted by molar-refractivity contribution is 7.19. The first-order chi connectivity index (χ1) is 7.84. The van der Waals surface area contributed by atoms with E-state index < -0.39 is 0 Å². The van der Waals surface area contributed by atoms with E-state index in [1.807, 2.05) is 12.1 Å². The number of hydrogen-bond donors (Lipinski definition) is 1. The quantitative estimate of drug-likeness (QED) is 0.757. The summed E-state index contributed by atoms with van der Waals surface area (Å²) in [6.45, 7) is 0. The van der Waals surface area contributed by atoms with Crippen LogP contribution in [0.4, 0.5) is 5.69 Å². The summed E-state index contributed by atoms with van der Waals surface area (Å²) in [4.78, 5) is 4.74. The Morgan fingerprint density at radius 2 is 2.00 bits per heavy atom. The van der Waals surface area contributed by atoms with E-state index in [4.69, 9.17) is 10.7 Å². The maximum Gasteiger partial charge on any atom is 0.0970 e. The normalized spacial score (nSPS) is 18.0. The topological polar surface area (TPSA) is 38.9 Å². The van der Waals surface area contributed by atoms with Crippen LogP contribution in [-0.4, -0.2) is 4.98 Å². The van der Waals surface area contributed by atoms with Gasteiger partial charge in [-0.15, -0.1) is 11.3 Å². The average molecular weight is 232 g/mol. The molecule has 0 bridgehead atoms. The number of thiazole rings is 1. The second-order valence-corrected chi connectivity index (χ2v) is 5.61. The van der Waals surface area contributed by atoms with Gasteiger partial charge < -0.3 is 5.73 Å². The van der Waals surface area contributed by atoms with E-state index in [9.17, 15) is 0 Å². The lowest BCUT2D eigenvalue weighted by molar-refractivity contribution is 0.443. The fourth-order valence-corrected chi connectivity index (χ4v) is 3.67. The summed E-state index contributed by atoms with van der Waals surface area (Å²) in [6.07, 6.45) is 6.72. The Kier molecular flexibility index (Phi) is 2.56. The van der Waals surface area contributed by atoms with Gasteiger partial charge in [0.05, 0.1) is 20.9 Å². The van der Waals surface area contributed by atoms with Gasteiger partial charge in [0.15, 0.2) is 0 Å². The molecule has 0 amide bonds. The Morgan fingerprint density at radius 3 is 2.75 bits per heavy atom. The maximum absolute atomic E-state index is 5.97. The first-order valence-corrected chi connectivity index (χ1v) is 6.81. The SMILES string of the molecule is Nc1cccc2nc(C3CCCCC3)sc12. The van der Waals surface area contributed by atoms with Gasteiger partial charge in [-0.3, -0.25) is 0 Å². The molecule has 1 saturated carbocycles. The van der Waals surface area contributed by atoms with Gasteiger partial charge in [0, 0.05) is 5.92 Å². The summed E-state index contributed by atoms with van der Waals surface area (Å²) in [5, 5.41) is 1.30. The molecule has 0 aliphatic heterocycles. The van der Waals surface area contributed by atoms with Gasteiger partial charge in [0.25, 0.3) is 0 Å². The van der Waals surface area contributed by atoms with Gasteiger partial charge in [0.1, 0.15) is 0 Å². The van der Waals surface area contributed by atoms with Gasteiger partial charge in [0.2, 0.25) is 0 Å². The number of hydrogen-bond acceptors (Lipinski definition) is 3. The van der Waals surface area contributed by atoms with Crippen LogP contribution in [0.5, 0.6) is 0 Å². The van der Waals surface area contributed by atoms with E-state index >= 15 is 0 Å². The van der Waals surface area contributed by atoms with Crippen LogP contribution >= 0.6 is 11.3 Å². The van der Waals surface area contributed by atoms with Crippen LogP contribution in [0, 0.1) is 0 Å². The summed E-state index contributed by atoms with van der Waals surface area (Å²) in [5.41, 5.74) is 7.92. The third-order valence-electron chi connectivity index (χ3n) is 3.42. The third-order valence-corrected chi connectivity index (χ3v) is 4.70. The van der Waals surface area contributed by atoms with Crippen LogP contribution in [0.15, 0.2) is 18.2 Å². The maximum atomic E-state index is 5.97. The number of nitrogen functional groups attached to an aromatic ring is 1. The number of nitrogens with zero attached hydrogens (tertiary/aromatic N) is 1. The van der Waals surface area contributed by atoms with Crippen molar-refractivity contribution < 1.29 is 0 Å². The Morgan fingerprint density at radius 1 is 1.19 bits per heavy atom. The highest BCUT2D eigenvalue weighted by Gasteiger charge is 2.19. The molecule has 0 unspecified atom stereocenters. The Bertz CT molecular complexity index is 498. The molecule has 2 nitrogen and oxygen atoms in total. The molecular weight excluding hydrogens is 216 g/mol. The molecule has 3 rings (SSSR count). The molecule has 0 atom stereocenters. The van der Waals surface area contributed by atoms with Crippen molar-refractivity contribution in [1.29, 1.82) is 0 Å². The fraction of sp³-hybridized carbons (Fsp3) is 0.462. The Balaban J connectivity index is 2.01. The summed E-state index contributed by atoms with van der Waals surface area (Å²) in [5.74, 6) is 0.686. The van der Waals surface area contributed by atoms with Crippen molar-refractivity contribution in [3.8, 4) is 0 Å². The van der Waals surface area contributed by atoms with E-state index in [0.29, 0.717) is 5.92 Å². The lowest BCUT2D eigenvalue weighted by Gasteiger charge is -2.18. The van der Waals surface area contributed by atoms with Crippen LogP contribution in [0.25, 0.3) is 10.2 Å². The Hall–Kier alpha value is -1.09. The van der Waals surface area contributed by atoms with Crippen molar-refractivity contribution in [2.24, 2.45) is 0 Å². The third kappa shape index (κ3) is 1.69. The predicted octanol–water partition coefficient (Wildman–Crippen LogP) is 3.93. The van der Waals surface area contributed by atoms with Gasteiger partial charge in [-0.1, -0.05) is 25.3 Å². The fourth-order valence-electron chi connectivity index (χ4n) is 2.51. The summed E-state index contributed by atoms with van der Waals surface area (Å²) in [6, 6.07) is 6.02. The average Bonchev–Trinajstić information content (AvgIpc) is 2.76. The minimum Gasteiger partial charge on any atom is -0.398 e. The summed E-state index contributed by atoms with van der Waals surface area (Å²) < 4.78 is 1.17. The molecule has 0 saturated heterocycles. The van der Waals surface area contributed by atoms with E-state index in [0.717, 1.165) is 11.2 Å². The smallest absolute Gasteiger partial charge is 0.0970 e. The molecule has 16 heavy (non-hydrogen) atoms. The minimum absolute atomic E-state index is 0.686. The first-order valence-electron chi connectivity index (χ1n) is 5.99. The molecule has 1 aliphatic rings. The molecule has 3 heteroatoms. The van der Waals surface area contributed by atoms with Crippen molar-refractivity contribution in [2.75, 3.05) is 5.73 Å². The highest BCUT2D eigenvalue weighted by Crippen LogP contribution is 2.38. The van der Waals surface area contributed by atoms with Crippen molar-refractivity contribution in [3.05, 3.63) is 23.2 Å². The van der Waals surface area contributed by atoms with Crippen LogP contribution in [0.1, 0.15) is 43.0 Å². The second kappa shape index (κ2) is 4.06. The number of aromatic nitrogens is 1. The molecule has 1 heterocycles. The van der Waals surface area contributed by atoms with Gasteiger partial charge >= 0.3 is 0 Å². The van der Waals surface area contributed by atoms with Crippen molar-refractivity contribution in [2.45, 2.75) is 38.0 Å². The zero-order valence-electron chi connectivity index (χ0n) is 9.28. The second-order valence-electron chi connectivity index (χ2n) is 4.58. The van der Waals surface area contributed by atoms with Gasteiger partial charge in [-0.05, 0) is 25.0 Å². The van der Waals surface area contributed by atoms with Crippen LogP contribution in [0.3, 0.4) is 0 Å². The van der Waals surface area contributed by atoms with Crippen LogP contribution in [0.2, 0.25) is 0 Å². The zero-order chi connectivity index (χ0) is 11.0. The number of fused-ring (bicyclic) bond motifs is 1. The minimum atomic E-state index is 0.686. The van der Waals surface area contributed by atoms with E-state index in [1.165, 1.54) is 41.8 Å². The van der Waals surface area contributed by atoms with Gasteiger partial charge in [-0.25, -0.2) is 4.98 Å². The molecule has 1 aromatic carbocycles. The molecule has 2 aromatic rings. The Labute approximate surface area is 99.5 Å². The first kappa shape index (κ1) is 10.1. The largest absolute Gasteiger partial charge is 0.398 e. The zero-order valence-corrected chi connectivity index (χ0v) is 10.1. The molecule has 2 N–H and O–H groups in total. The molecular formula is C13H16N2S. The van der Waals surface area contributed by atoms with Crippen molar-refractivity contribution in [1.82, 2.24) is 4.98 Å². The summed E-state index contributed by atoms with van der Waals surface area (Å²) in [7, 11) is 0. The molecule has 1 aromatic heterocycles. The molecule has 1 fully saturated rings. The molecule has 0 radical (unpaired) electrons. The van der Waals surface area contributed by atoms with Crippen molar-refractivity contribution in [3.63, 3.8) is 0 Å². The van der Waals surface area contributed by atoms with E-state index in [-0.39, 0.29) is 0 Å². The lowest BCUT2D eigenvalue weighted by Crippen LogP contribution is -2.03. The lowest BCUT2D eigenvalue weighted by atomic mass is 9.90. The molecule has 84 valence electrons. The molecule has 0 spiro atoms. The summed E-state index contributed by atoms with van der Waals surface area (Å²) >= 11 is 1.79. The van der Waals surface area contributed by atoms with Crippen LogP contribution in [-0.2, 0) is 0 Å². The number of rotatable bonds is 1. The van der Waals surface area contributed by atoms with E-state index in [1.54, 1.807) is 11.3 Å². The molecule has 1 aliphatic carbocycles. The number of nitrogens with two attached hydrogens (primary N) is 1. The van der Waals surface area contributed by atoms with Gasteiger partial charge in [-0.2, -0.15) is 0 Å². The monoisotopic (exact) mass is 232 g/mol. The highest BCUT2D eigenvalue weighted by atomic mass is 32.1. The number of anilines is 1.